The van der Waals surface area contributed by atoms with Crippen LogP contribution in [-0.4, -0.2) is 28.0 Å². The van der Waals surface area contributed by atoms with Crippen LogP contribution in [0.4, 0.5) is 11.4 Å². The van der Waals surface area contributed by atoms with Gasteiger partial charge in [0, 0.05) is 12.0 Å². The summed E-state index contributed by atoms with van der Waals surface area (Å²) >= 11 is 0. The average molecular weight is 342 g/mol. The van der Waals surface area contributed by atoms with Crippen molar-refractivity contribution >= 4 is 29.2 Å². The predicted octanol–water partition coefficient (Wildman–Crippen LogP) is 1.57. The Labute approximate surface area is 143 Å². The van der Waals surface area contributed by atoms with Crippen molar-refractivity contribution in [1.82, 2.24) is 0 Å². The molecule has 0 unspecified atom stereocenters. The molecule has 0 aliphatic heterocycles. The Hall–Kier alpha value is -3.55. The quantitative estimate of drug-likeness (QED) is 0.305. The van der Waals surface area contributed by atoms with Crippen molar-refractivity contribution in [1.29, 1.82) is 0 Å². The maximum atomic E-state index is 12.4. The Bertz CT molecular complexity index is 829. The molecule has 0 aromatic heterocycles. The second-order valence-corrected chi connectivity index (χ2v) is 5.25. The minimum atomic E-state index is -0.967. The summed E-state index contributed by atoms with van der Waals surface area (Å²) in [6.45, 7) is 0. The lowest BCUT2D eigenvalue weighted by Crippen LogP contribution is -2.22. The first kappa shape index (κ1) is 17.8. The molecule has 2 aromatic rings. The molecule has 0 spiro atoms. The van der Waals surface area contributed by atoms with Crippen LogP contribution in [0.15, 0.2) is 47.5 Å². The number of carbonyl (C=O) groups excluding carboxylic acids is 1. The number of anilines is 1. The molecule has 2 rings (SSSR count). The van der Waals surface area contributed by atoms with Gasteiger partial charge < -0.3 is 27.0 Å². The highest BCUT2D eigenvalue weighted by Crippen LogP contribution is 2.29. The van der Waals surface area contributed by atoms with Crippen molar-refractivity contribution in [2.45, 2.75) is 12.8 Å². The summed E-state index contributed by atoms with van der Waals surface area (Å²) in [4.78, 5) is 27.1. The number of aromatic hydroxyl groups is 1. The van der Waals surface area contributed by atoms with E-state index < -0.39 is 11.9 Å². The maximum absolute atomic E-state index is 12.4. The third-order valence-electron chi connectivity index (χ3n) is 3.34. The van der Waals surface area contributed by atoms with E-state index in [1.165, 1.54) is 12.1 Å². The fourth-order valence-corrected chi connectivity index (χ4v) is 2.23. The van der Waals surface area contributed by atoms with E-state index in [1.807, 2.05) is 0 Å². The van der Waals surface area contributed by atoms with Crippen LogP contribution < -0.4 is 16.8 Å². The third-order valence-corrected chi connectivity index (χ3v) is 3.34. The number of para-hydroxylation sites is 1. The largest absolute Gasteiger partial charge is 0.506 e. The van der Waals surface area contributed by atoms with E-state index in [9.17, 15) is 14.7 Å². The number of nitrogens with one attached hydrogen (secondary N) is 1. The molecule has 0 saturated carbocycles. The monoisotopic (exact) mass is 342 g/mol. The van der Waals surface area contributed by atoms with E-state index in [0.29, 0.717) is 11.3 Å². The number of aliphatic carboxylic acids is 1. The van der Waals surface area contributed by atoms with Crippen LogP contribution in [0, 0.1) is 0 Å². The van der Waals surface area contributed by atoms with Gasteiger partial charge in [-0.15, -0.1) is 0 Å². The zero-order chi connectivity index (χ0) is 18.4. The van der Waals surface area contributed by atoms with Gasteiger partial charge in [-0.1, -0.05) is 18.2 Å². The zero-order valence-electron chi connectivity index (χ0n) is 13.3. The minimum Gasteiger partial charge on any atom is -0.506 e. The van der Waals surface area contributed by atoms with Crippen LogP contribution >= 0.6 is 0 Å². The highest BCUT2D eigenvalue weighted by molar-refractivity contribution is 6.06. The number of guanidine groups is 1. The van der Waals surface area contributed by atoms with Crippen LogP contribution in [0.2, 0.25) is 0 Å². The standard InChI is InChI=1S/C17H18N4O4/c18-17(19)20-12-5-1-4-11(9-12)16(25)21-15-10(7-8-14(23)24)3-2-6-13(15)22/h1-6,9,22H,7-8H2,(H,21,25)(H,23,24)(H4,18,19,20). The first-order valence-electron chi connectivity index (χ1n) is 7.40. The molecule has 7 N–H and O–H groups in total. The summed E-state index contributed by atoms with van der Waals surface area (Å²) < 4.78 is 0. The molecule has 0 radical (unpaired) electrons. The number of amides is 1. The number of phenols is 1. The molecule has 25 heavy (non-hydrogen) atoms. The summed E-state index contributed by atoms with van der Waals surface area (Å²) in [6, 6.07) is 11.0. The number of nitrogens with zero attached hydrogens (tertiary/aromatic N) is 1. The number of hydrogen-bond acceptors (Lipinski definition) is 4. The van der Waals surface area contributed by atoms with Crippen molar-refractivity contribution in [2.75, 3.05) is 5.32 Å². The van der Waals surface area contributed by atoms with E-state index >= 15 is 0 Å². The second kappa shape index (κ2) is 7.82. The van der Waals surface area contributed by atoms with Crippen molar-refractivity contribution in [3.05, 3.63) is 53.6 Å². The van der Waals surface area contributed by atoms with E-state index in [1.54, 1.807) is 30.3 Å². The Kier molecular flexibility index (Phi) is 5.57. The Morgan fingerprint density at radius 1 is 1.12 bits per heavy atom. The molecular formula is C17H18N4O4. The van der Waals surface area contributed by atoms with Crippen molar-refractivity contribution in [2.24, 2.45) is 16.5 Å². The van der Waals surface area contributed by atoms with Crippen LogP contribution in [0.5, 0.6) is 5.75 Å². The Balaban J connectivity index is 2.26. The maximum Gasteiger partial charge on any atom is 0.303 e. The summed E-state index contributed by atoms with van der Waals surface area (Å²) in [7, 11) is 0. The van der Waals surface area contributed by atoms with Crippen molar-refractivity contribution in [3.8, 4) is 5.75 Å². The molecule has 0 fully saturated rings. The van der Waals surface area contributed by atoms with Gasteiger partial charge in [-0.2, -0.15) is 0 Å². The highest BCUT2D eigenvalue weighted by Gasteiger charge is 2.14. The number of carbonyl (C=O) groups is 2. The minimum absolute atomic E-state index is 0.119. The fourth-order valence-electron chi connectivity index (χ4n) is 2.23. The summed E-state index contributed by atoms with van der Waals surface area (Å²) in [5.74, 6) is -1.72. The number of nitrogens with two attached hydrogens (primary N) is 2. The average Bonchev–Trinajstić information content (AvgIpc) is 2.54. The van der Waals surface area contributed by atoms with E-state index in [0.717, 1.165) is 0 Å². The SMILES string of the molecule is NC(N)=Nc1cccc(C(=O)Nc2c(O)cccc2CCC(=O)O)c1. The Morgan fingerprint density at radius 2 is 1.84 bits per heavy atom. The number of rotatable bonds is 6. The lowest BCUT2D eigenvalue weighted by Gasteiger charge is -2.12. The van der Waals surface area contributed by atoms with E-state index in [-0.39, 0.29) is 35.8 Å². The van der Waals surface area contributed by atoms with Gasteiger partial charge in [-0.3, -0.25) is 9.59 Å². The molecule has 0 aliphatic carbocycles. The number of carboxylic acids is 1. The molecule has 2 aromatic carbocycles. The van der Waals surface area contributed by atoms with Crippen molar-refractivity contribution < 1.29 is 19.8 Å². The lowest BCUT2D eigenvalue weighted by atomic mass is 10.1. The normalized spacial score (nSPS) is 10.1. The molecule has 0 aliphatic rings. The molecule has 130 valence electrons. The number of hydrogen-bond donors (Lipinski definition) is 5. The topological polar surface area (TPSA) is 151 Å². The van der Waals surface area contributed by atoms with Gasteiger partial charge in [0.05, 0.1) is 11.4 Å². The molecule has 0 atom stereocenters. The molecule has 0 heterocycles. The molecule has 8 heteroatoms. The summed E-state index contributed by atoms with van der Waals surface area (Å²) in [5.41, 5.74) is 12.0. The molecule has 0 saturated heterocycles. The molecule has 0 bridgehead atoms. The van der Waals surface area contributed by atoms with Gasteiger partial charge in [-0.05, 0) is 36.2 Å². The third kappa shape index (κ3) is 4.96. The molecule has 8 nitrogen and oxygen atoms in total. The van der Waals surface area contributed by atoms with Crippen LogP contribution in [0.3, 0.4) is 0 Å². The van der Waals surface area contributed by atoms with Gasteiger partial charge in [0.15, 0.2) is 5.96 Å². The predicted molar refractivity (Wildman–Crippen MR) is 93.9 cm³/mol. The summed E-state index contributed by atoms with van der Waals surface area (Å²) in [5, 5.41) is 21.4. The first-order valence-corrected chi connectivity index (χ1v) is 7.40. The van der Waals surface area contributed by atoms with Gasteiger partial charge in [0.2, 0.25) is 0 Å². The van der Waals surface area contributed by atoms with Crippen LogP contribution in [0.25, 0.3) is 0 Å². The number of benzene rings is 2. The van der Waals surface area contributed by atoms with Gasteiger partial charge in [0.25, 0.3) is 5.91 Å². The van der Waals surface area contributed by atoms with E-state index in [2.05, 4.69) is 10.3 Å². The number of carboxylic acid groups (broad SMARTS) is 1. The van der Waals surface area contributed by atoms with Gasteiger partial charge >= 0.3 is 5.97 Å². The fraction of sp³-hybridized carbons (Fsp3) is 0.118. The number of aliphatic imine (C=N–C) groups is 1. The Morgan fingerprint density at radius 3 is 2.52 bits per heavy atom. The first-order chi connectivity index (χ1) is 11.9. The number of aryl methyl sites for hydroxylation is 1. The van der Waals surface area contributed by atoms with E-state index in [4.69, 9.17) is 16.6 Å². The summed E-state index contributed by atoms with van der Waals surface area (Å²) in [6.07, 6.45) is 0.0552. The lowest BCUT2D eigenvalue weighted by molar-refractivity contribution is -0.136. The van der Waals surface area contributed by atoms with Gasteiger partial charge in [0.1, 0.15) is 5.75 Å². The second-order valence-electron chi connectivity index (χ2n) is 5.25. The molecular weight excluding hydrogens is 324 g/mol. The smallest absolute Gasteiger partial charge is 0.303 e. The highest BCUT2D eigenvalue weighted by atomic mass is 16.4. The van der Waals surface area contributed by atoms with Crippen LogP contribution in [-0.2, 0) is 11.2 Å². The van der Waals surface area contributed by atoms with Crippen molar-refractivity contribution in [3.63, 3.8) is 0 Å². The van der Waals surface area contributed by atoms with Crippen LogP contribution in [0.1, 0.15) is 22.3 Å². The molecule has 1 amide bonds. The van der Waals surface area contributed by atoms with Gasteiger partial charge in [-0.25, -0.2) is 4.99 Å². The number of phenolic OH excluding ortho intramolecular Hbond substituents is 1. The zero-order valence-corrected chi connectivity index (χ0v) is 13.3.